The van der Waals surface area contributed by atoms with Crippen LogP contribution in [0.3, 0.4) is 0 Å². The normalized spacial score (nSPS) is 8.07. The molecule has 0 aromatic heterocycles. The van der Waals surface area contributed by atoms with Crippen LogP contribution in [0.15, 0.2) is 12.7 Å². The summed E-state index contributed by atoms with van der Waals surface area (Å²) in [5.41, 5.74) is 0. The molecule has 96 valence electrons. The molecule has 6 nitrogen and oxygen atoms in total. The molecule has 9 N–H and O–H groups in total. The molecule has 0 aliphatic rings. The van der Waals surface area contributed by atoms with Crippen molar-refractivity contribution in [2.24, 2.45) is 0 Å². The van der Waals surface area contributed by atoms with Gasteiger partial charge < -0.3 is 27.6 Å². The first-order valence-corrected chi connectivity index (χ1v) is 4.38. The van der Waals surface area contributed by atoms with Gasteiger partial charge in [-0.3, -0.25) is 4.90 Å². The van der Waals surface area contributed by atoms with Crippen LogP contribution in [0.5, 0.6) is 0 Å². The summed E-state index contributed by atoms with van der Waals surface area (Å²) in [5, 5.41) is 25.5. The average molecular weight is 225 g/mol. The van der Waals surface area contributed by atoms with Gasteiger partial charge in [0.1, 0.15) is 0 Å². The summed E-state index contributed by atoms with van der Waals surface area (Å²) in [7, 11) is 0. The van der Waals surface area contributed by atoms with Crippen molar-refractivity contribution in [3.05, 3.63) is 12.7 Å². The number of rotatable bonds is 6. The molecule has 0 amide bonds. The lowest BCUT2D eigenvalue weighted by atomic mass is 10.4. The Bertz CT molecular complexity index is 90.3. The number of aliphatic hydroxyl groups excluding tert-OH is 3. The molecule has 6 heteroatoms. The number of allylic oxidation sites excluding steroid dienone is 1. The van der Waals surface area contributed by atoms with Gasteiger partial charge in [-0.1, -0.05) is 6.08 Å². The van der Waals surface area contributed by atoms with Crippen LogP contribution in [0.2, 0.25) is 0 Å². The number of nitrogens with zero attached hydrogens (tertiary/aromatic N) is 1. The molecule has 0 rings (SSSR count). The van der Waals surface area contributed by atoms with Crippen LogP contribution in [-0.4, -0.2) is 59.7 Å². The lowest BCUT2D eigenvalue weighted by molar-refractivity contribution is 0.136. The zero-order chi connectivity index (χ0) is 10.5. The quantitative estimate of drug-likeness (QED) is 0.397. The van der Waals surface area contributed by atoms with Crippen LogP contribution in [0.25, 0.3) is 0 Å². The van der Waals surface area contributed by atoms with Crippen molar-refractivity contribution in [3.8, 4) is 0 Å². The second-order valence-electron chi connectivity index (χ2n) is 2.42. The first-order chi connectivity index (χ1) is 6.26. The molecule has 0 fully saturated rings. The minimum absolute atomic E-state index is 0. The van der Waals surface area contributed by atoms with E-state index in [-0.39, 0.29) is 32.1 Å². The Balaban J connectivity index is -0.000000108. The van der Waals surface area contributed by atoms with Gasteiger partial charge in [0.2, 0.25) is 0 Å². The molecular formula is C9H27N3O3. The number of aliphatic hydroxyl groups is 3. The van der Waals surface area contributed by atoms with Crippen LogP contribution in [0, 0.1) is 0 Å². The molecule has 0 aromatic carbocycles. The molecule has 0 heterocycles. The van der Waals surface area contributed by atoms with E-state index in [0.717, 1.165) is 0 Å². The van der Waals surface area contributed by atoms with Crippen molar-refractivity contribution < 1.29 is 15.3 Å². The molecule has 15 heavy (non-hydrogen) atoms. The zero-order valence-corrected chi connectivity index (χ0v) is 9.73. The van der Waals surface area contributed by atoms with Crippen molar-refractivity contribution in [2.45, 2.75) is 6.92 Å². The van der Waals surface area contributed by atoms with Gasteiger partial charge in [0.15, 0.2) is 0 Å². The van der Waals surface area contributed by atoms with E-state index >= 15 is 0 Å². The van der Waals surface area contributed by atoms with E-state index in [1.165, 1.54) is 0 Å². The van der Waals surface area contributed by atoms with Crippen LogP contribution >= 0.6 is 0 Å². The smallest absolute Gasteiger partial charge is 0.0558 e. The molecule has 0 aromatic rings. The average Bonchev–Trinajstić information content (AvgIpc) is 2.07. The monoisotopic (exact) mass is 225 g/mol. The SMILES string of the molecule is C=CC.N.N.OCCN(CCO)CCO. The van der Waals surface area contributed by atoms with E-state index in [4.69, 9.17) is 15.3 Å². The molecule has 0 atom stereocenters. The summed E-state index contributed by atoms with van der Waals surface area (Å²) in [4.78, 5) is 1.79. The van der Waals surface area contributed by atoms with Crippen molar-refractivity contribution in [2.75, 3.05) is 39.5 Å². The molecule has 0 unspecified atom stereocenters. The third-order valence-electron chi connectivity index (χ3n) is 1.25. The third-order valence-corrected chi connectivity index (χ3v) is 1.25. The third kappa shape index (κ3) is 24.7. The van der Waals surface area contributed by atoms with E-state index in [0.29, 0.717) is 19.6 Å². The summed E-state index contributed by atoms with van der Waals surface area (Å²) < 4.78 is 0. The molecule has 0 aliphatic carbocycles. The highest BCUT2D eigenvalue weighted by Gasteiger charge is 2.00. The maximum atomic E-state index is 8.48. The van der Waals surface area contributed by atoms with Crippen LogP contribution in [0.1, 0.15) is 6.92 Å². The van der Waals surface area contributed by atoms with Gasteiger partial charge in [0.25, 0.3) is 0 Å². The molecular weight excluding hydrogens is 198 g/mol. The molecule has 0 aliphatic heterocycles. The van der Waals surface area contributed by atoms with E-state index in [1.54, 1.807) is 11.0 Å². The van der Waals surface area contributed by atoms with E-state index in [9.17, 15) is 0 Å². The molecule has 0 bridgehead atoms. The van der Waals surface area contributed by atoms with Gasteiger partial charge in [-0.2, -0.15) is 0 Å². The molecule has 0 radical (unpaired) electrons. The lowest BCUT2D eigenvalue weighted by Crippen LogP contribution is -2.32. The molecule has 0 saturated heterocycles. The fourth-order valence-electron chi connectivity index (χ4n) is 0.760. The van der Waals surface area contributed by atoms with Crippen LogP contribution in [-0.2, 0) is 0 Å². The molecule has 0 spiro atoms. The lowest BCUT2D eigenvalue weighted by Gasteiger charge is -2.17. The van der Waals surface area contributed by atoms with Gasteiger partial charge in [-0.15, -0.1) is 6.58 Å². The predicted octanol–water partition coefficient (Wildman–Crippen LogP) is -0.218. The van der Waals surface area contributed by atoms with Crippen molar-refractivity contribution in [1.82, 2.24) is 17.2 Å². The van der Waals surface area contributed by atoms with Crippen LogP contribution in [0.4, 0.5) is 0 Å². The van der Waals surface area contributed by atoms with Crippen molar-refractivity contribution >= 4 is 0 Å². The summed E-state index contributed by atoms with van der Waals surface area (Å²) in [5.74, 6) is 0. The Hall–Kier alpha value is -0.500. The summed E-state index contributed by atoms with van der Waals surface area (Å²) >= 11 is 0. The summed E-state index contributed by atoms with van der Waals surface area (Å²) in [6, 6.07) is 0. The Morgan fingerprint density at radius 2 is 1.13 bits per heavy atom. The first-order valence-electron chi connectivity index (χ1n) is 4.38. The fraction of sp³-hybridized carbons (Fsp3) is 0.778. The second-order valence-corrected chi connectivity index (χ2v) is 2.42. The zero-order valence-electron chi connectivity index (χ0n) is 9.73. The topological polar surface area (TPSA) is 134 Å². The molecule has 0 saturated carbocycles. The largest absolute Gasteiger partial charge is 0.395 e. The highest BCUT2D eigenvalue weighted by molar-refractivity contribution is 4.54. The van der Waals surface area contributed by atoms with Gasteiger partial charge >= 0.3 is 0 Å². The van der Waals surface area contributed by atoms with Crippen molar-refractivity contribution in [1.29, 1.82) is 0 Å². The van der Waals surface area contributed by atoms with E-state index in [1.807, 2.05) is 6.92 Å². The van der Waals surface area contributed by atoms with Gasteiger partial charge in [-0.25, -0.2) is 0 Å². The predicted molar refractivity (Wildman–Crippen MR) is 63.6 cm³/mol. The van der Waals surface area contributed by atoms with Crippen LogP contribution < -0.4 is 12.3 Å². The number of hydrogen-bond acceptors (Lipinski definition) is 6. The number of hydrogen-bond donors (Lipinski definition) is 5. The summed E-state index contributed by atoms with van der Waals surface area (Å²) in [6.45, 7) is 7.00. The van der Waals surface area contributed by atoms with Gasteiger partial charge in [-0.05, 0) is 6.92 Å². The maximum absolute atomic E-state index is 8.48. The Morgan fingerprint density at radius 1 is 0.933 bits per heavy atom. The fourth-order valence-corrected chi connectivity index (χ4v) is 0.760. The highest BCUT2D eigenvalue weighted by Crippen LogP contribution is 1.84. The Morgan fingerprint density at radius 3 is 1.27 bits per heavy atom. The summed E-state index contributed by atoms with van der Waals surface area (Å²) in [6.07, 6.45) is 1.75. The first kappa shape index (κ1) is 24.0. The second kappa shape index (κ2) is 23.4. The maximum Gasteiger partial charge on any atom is 0.0558 e. The minimum atomic E-state index is 0. The standard InChI is InChI=1S/C6H15NO3.C3H6.2H3N/c8-4-1-7(2-5-9)3-6-10;1-3-2;;/h8-10H,1-6H2;3H,1H2,2H3;2*1H3. The Kier molecular flexibility index (Phi) is 37.3. The van der Waals surface area contributed by atoms with E-state index in [2.05, 4.69) is 6.58 Å². The highest BCUT2D eigenvalue weighted by atomic mass is 16.3. The Labute approximate surface area is 92.4 Å². The van der Waals surface area contributed by atoms with Gasteiger partial charge in [0.05, 0.1) is 19.8 Å². The van der Waals surface area contributed by atoms with Gasteiger partial charge in [0, 0.05) is 19.6 Å². The minimum Gasteiger partial charge on any atom is -0.395 e. The van der Waals surface area contributed by atoms with E-state index < -0.39 is 0 Å². The van der Waals surface area contributed by atoms with Crippen molar-refractivity contribution in [3.63, 3.8) is 0 Å².